The molecule has 0 bridgehead atoms. The summed E-state index contributed by atoms with van der Waals surface area (Å²) in [5, 5.41) is 0. The highest BCUT2D eigenvalue weighted by Crippen LogP contribution is 2.23. The quantitative estimate of drug-likeness (QED) is 0.115. The van der Waals surface area contributed by atoms with Gasteiger partial charge in [-0.05, 0) is 57.5 Å². The van der Waals surface area contributed by atoms with Crippen LogP contribution in [0.1, 0.15) is 122 Å². The van der Waals surface area contributed by atoms with E-state index in [0.29, 0.717) is 6.61 Å². The Kier molecular flexibility index (Phi) is 22.0. The molecule has 0 aromatic carbocycles. The molecule has 0 N–H and O–H groups in total. The third-order valence-electron chi connectivity index (χ3n) is 7.06. The molecule has 3 nitrogen and oxygen atoms in total. The summed E-state index contributed by atoms with van der Waals surface area (Å²) in [5.41, 5.74) is 0. The maximum atomic E-state index is 5.60. The number of methoxy groups -OCH3 is 1. The minimum Gasteiger partial charge on any atom is -0.382 e. The van der Waals surface area contributed by atoms with E-state index in [1.807, 2.05) is 0 Å². The average molecular weight is 452 g/mol. The molecule has 190 valence electrons. The Bertz CT molecular complexity index is 391. The summed E-state index contributed by atoms with van der Waals surface area (Å²) in [5.74, 6) is 0.976. The zero-order valence-corrected chi connectivity index (χ0v) is 22.0. The van der Waals surface area contributed by atoms with Gasteiger partial charge in [-0.2, -0.15) is 0 Å². The van der Waals surface area contributed by atoms with Crippen LogP contribution < -0.4 is 0 Å². The number of piperidine rings is 1. The van der Waals surface area contributed by atoms with Crippen LogP contribution in [0.3, 0.4) is 0 Å². The second-order valence-electron chi connectivity index (χ2n) is 9.97. The van der Waals surface area contributed by atoms with Crippen LogP contribution in [0.15, 0.2) is 12.2 Å². The third-order valence-corrected chi connectivity index (χ3v) is 7.06. The van der Waals surface area contributed by atoms with Crippen LogP contribution in [0, 0.1) is 5.92 Å². The first-order valence-corrected chi connectivity index (χ1v) is 14.3. The van der Waals surface area contributed by atoms with Crippen LogP contribution in [0.25, 0.3) is 0 Å². The fourth-order valence-electron chi connectivity index (χ4n) is 4.79. The molecule has 0 spiro atoms. The smallest absolute Gasteiger partial charge is 0.0700 e. The van der Waals surface area contributed by atoms with Gasteiger partial charge in [0.2, 0.25) is 0 Å². The molecule has 1 heterocycles. The predicted molar refractivity (Wildman–Crippen MR) is 141 cm³/mol. The first kappa shape index (κ1) is 29.7. The Hall–Kier alpha value is -0.380. The predicted octanol–water partition coefficient (Wildman–Crippen LogP) is 8.18. The summed E-state index contributed by atoms with van der Waals surface area (Å²) in [6, 6.07) is 0. The number of hydrogen-bond acceptors (Lipinski definition) is 3. The SMILES string of the molecule is CCCCCCCC/C=C\CCCCCCCCCC1CCN(CCOCCOC)CC1. The topological polar surface area (TPSA) is 21.7 Å². The van der Waals surface area contributed by atoms with Crippen LogP contribution in [0.4, 0.5) is 0 Å². The molecule has 1 fully saturated rings. The largest absolute Gasteiger partial charge is 0.382 e. The molecule has 0 saturated carbocycles. The summed E-state index contributed by atoms with van der Waals surface area (Å²) >= 11 is 0. The molecule has 1 aliphatic heterocycles. The van der Waals surface area contributed by atoms with E-state index in [0.717, 1.165) is 25.7 Å². The van der Waals surface area contributed by atoms with E-state index in [2.05, 4.69) is 24.0 Å². The first-order valence-electron chi connectivity index (χ1n) is 14.3. The summed E-state index contributed by atoms with van der Waals surface area (Å²) in [6.07, 6.45) is 30.2. The number of likely N-dealkylation sites (tertiary alicyclic amines) is 1. The van der Waals surface area contributed by atoms with Gasteiger partial charge in [0, 0.05) is 13.7 Å². The molecule has 0 aromatic heterocycles. The lowest BCUT2D eigenvalue weighted by Gasteiger charge is -2.31. The summed E-state index contributed by atoms with van der Waals surface area (Å²) in [4.78, 5) is 2.58. The molecule has 32 heavy (non-hydrogen) atoms. The van der Waals surface area contributed by atoms with Gasteiger partial charge in [-0.1, -0.05) is 96.1 Å². The van der Waals surface area contributed by atoms with Gasteiger partial charge in [-0.15, -0.1) is 0 Å². The van der Waals surface area contributed by atoms with E-state index in [9.17, 15) is 0 Å². The standard InChI is InChI=1S/C29H57NO2/c1-3-4-5-6-7-8-9-10-11-12-13-14-15-16-17-18-19-20-29-21-23-30(24-22-29)25-26-32-28-27-31-2/h10-11,29H,3-9,12-28H2,1-2H3/b11-10-. The molecular weight excluding hydrogens is 394 g/mol. The van der Waals surface area contributed by atoms with Crippen molar-refractivity contribution >= 4 is 0 Å². The molecule has 0 aliphatic carbocycles. The number of hydrogen-bond donors (Lipinski definition) is 0. The van der Waals surface area contributed by atoms with Crippen molar-refractivity contribution in [2.75, 3.05) is 46.6 Å². The Morgan fingerprint density at radius 2 is 1.25 bits per heavy atom. The molecule has 1 aliphatic rings. The van der Waals surface area contributed by atoms with Crippen LogP contribution >= 0.6 is 0 Å². The highest BCUT2D eigenvalue weighted by molar-refractivity contribution is 4.81. The van der Waals surface area contributed by atoms with Crippen LogP contribution in [0.2, 0.25) is 0 Å². The van der Waals surface area contributed by atoms with Crippen molar-refractivity contribution in [3.63, 3.8) is 0 Å². The summed E-state index contributed by atoms with van der Waals surface area (Å²) < 4.78 is 10.6. The molecular formula is C29H57NO2. The average Bonchev–Trinajstić information content (AvgIpc) is 2.82. The lowest BCUT2D eigenvalue weighted by Crippen LogP contribution is -2.36. The van der Waals surface area contributed by atoms with Crippen LogP contribution in [0.5, 0.6) is 0 Å². The Labute approximate surface area is 201 Å². The van der Waals surface area contributed by atoms with E-state index in [1.165, 1.54) is 129 Å². The van der Waals surface area contributed by atoms with E-state index in [4.69, 9.17) is 9.47 Å². The minimum atomic E-state index is 0.707. The highest BCUT2D eigenvalue weighted by atomic mass is 16.5. The summed E-state index contributed by atoms with van der Waals surface area (Å²) in [6.45, 7) is 8.20. The van der Waals surface area contributed by atoms with Gasteiger partial charge in [0.1, 0.15) is 0 Å². The van der Waals surface area contributed by atoms with Crippen molar-refractivity contribution in [2.45, 2.75) is 122 Å². The molecule has 1 saturated heterocycles. The van der Waals surface area contributed by atoms with Gasteiger partial charge in [-0.25, -0.2) is 0 Å². The summed E-state index contributed by atoms with van der Waals surface area (Å²) in [7, 11) is 1.73. The van der Waals surface area contributed by atoms with Gasteiger partial charge < -0.3 is 14.4 Å². The maximum absolute atomic E-state index is 5.60. The number of nitrogens with zero attached hydrogens (tertiary/aromatic N) is 1. The van der Waals surface area contributed by atoms with Crippen LogP contribution in [-0.2, 0) is 9.47 Å². The monoisotopic (exact) mass is 451 g/mol. The lowest BCUT2D eigenvalue weighted by atomic mass is 9.91. The number of rotatable bonds is 23. The van der Waals surface area contributed by atoms with E-state index in [-0.39, 0.29) is 0 Å². The number of allylic oxidation sites excluding steroid dienone is 2. The van der Waals surface area contributed by atoms with Crippen LogP contribution in [-0.4, -0.2) is 51.5 Å². The molecule has 0 aromatic rings. The second-order valence-corrected chi connectivity index (χ2v) is 9.97. The van der Waals surface area contributed by atoms with Gasteiger partial charge in [0.05, 0.1) is 19.8 Å². The molecule has 0 unspecified atom stereocenters. The molecule has 1 rings (SSSR count). The van der Waals surface area contributed by atoms with Crippen molar-refractivity contribution in [1.82, 2.24) is 4.90 Å². The van der Waals surface area contributed by atoms with Crippen molar-refractivity contribution in [3.8, 4) is 0 Å². The fraction of sp³-hybridized carbons (Fsp3) is 0.931. The molecule has 0 atom stereocenters. The Balaban J connectivity index is 1.77. The Morgan fingerprint density at radius 3 is 1.84 bits per heavy atom. The van der Waals surface area contributed by atoms with Gasteiger partial charge in [0.25, 0.3) is 0 Å². The maximum Gasteiger partial charge on any atom is 0.0700 e. The fourth-order valence-corrected chi connectivity index (χ4v) is 4.79. The van der Waals surface area contributed by atoms with Gasteiger partial charge in [-0.3, -0.25) is 0 Å². The minimum absolute atomic E-state index is 0.707. The first-order chi connectivity index (χ1) is 15.9. The third kappa shape index (κ3) is 19.1. The molecule has 0 radical (unpaired) electrons. The van der Waals surface area contributed by atoms with Crippen molar-refractivity contribution in [1.29, 1.82) is 0 Å². The highest BCUT2D eigenvalue weighted by Gasteiger charge is 2.18. The zero-order chi connectivity index (χ0) is 23.0. The van der Waals surface area contributed by atoms with E-state index < -0.39 is 0 Å². The molecule has 0 amide bonds. The van der Waals surface area contributed by atoms with Crippen molar-refractivity contribution in [2.24, 2.45) is 5.92 Å². The number of unbranched alkanes of at least 4 members (excludes halogenated alkanes) is 13. The van der Waals surface area contributed by atoms with Gasteiger partial charge in [0.15, 0.2) is 0 Å². The Morgan fingerprint density at radius 1 is 0.688 bits per heavy atom. The van der Waals surface area contributed by atoms with E-state index in [1.54, 1.807) is 7.11 Å². The van der Waals surface area contributed by atoms with Crippen molar-refractivity contribution in [3.05, 3.63) is 12.2 Å². The molecule has 3 heteroatoms. The second kappa shape index (κ2) is 23.8. The zero-order valence-electron chi connectivity index (χ0n) is 22.0. The normalized spacial score (nSPS) is 15.8. The van der Waals surface area contributed by atoms with Crippen molar-refractivity contribution < 1.29 is 9.47 Å². The number of ether oxygens (including phenoxy) is 2. The lowest BCUT2D eigenvalue weighted by molar-refractivity contribution is 0.0506. The van der Waals surface area contributed by atoms with Gasteiger partial charge >= 0.3 is 0 Å². The van der Waals surface area contributed by atoms with E-state index >= 15 is 0 Å².